The van der Waals surface area contributed by atoms with Gasteiger partial charge in [-0.15, -0.1) is 11.3 Å². The van der Waals surface area contributed by atoms with E-state index in [-0.39, 0.29) is 6.04 Å². The molecule has 1 aromatic carbocycles. The second kappa shape index (κ2) is 5.30. The molecule has 2 rings (SSSR count). The molecule has 0 spiro atoms. The fourth-order valence-corrected chi connectivity index (χ4v) is 2.49. The Labute approximate surface area is 112 Å². The van der Waals surface area contributed by atoms with Gasteiger partial charge in [0.25, 0.3) is 0 Å². The molecule has 1 unspecified atom stereocenters. The lowest BCUT2D eigenvalue weighted by molar-refractivity contribution is 0.849. The summed E-state index contributed by atoms with van der Waals surface area (Å²) in [5, 5.41) is 14.4. The molecular formula is C12H10BrN3S. The highest BCUT2D eigenvalue weighted by Crippen LogP contribution is 2.24. The Morgan fingerprint density at radius 1 is 1.53 bits per heavy atom. The quantitative estimate of drug-likeness (QED) is 0.934. The van der Waals surface area contributed by atoms with Crippen molar-refractivity contribution in [1.29, 1.82) is 5.26 Å². The Hall–Kier alpha value is -1.38. The summed E-state index contributed by atoms with van der Waals surface area (Å²) >= 11 is 4.92. The van der Waals surface area contributed by atoms with Gasteiger partial charge >= 0.3 is 0 Å². The molecule has 0 radical (unpaired) electrons. The predicted molar refractivity (Wildman–Crippen MR) is 73.0 cm³/mol. The number of halogens is 1. The van der Waals surface area contributed by atoms with Gasteiger partial charge in [0.1, 0.15) is 6.07 Å². The first-order chi connectivity index (χ1) is 8.20. The van der Waals surface area contributed by atoms with Crippen LogP contribution in [0.2, 0.25) is 0 Å². The van der Waals surface area contributed by atoms with E-state index >= 15 is 0 Å². The van der Waals surface area contributed by atoms with Gasteiger partial charge in [0.2, 0.25) is 0 Å². The molecule has 17 heavy (non-hydrogen) atoms. The van der Waals surface area contributed by atoms with Crippen LogP contribution in [0.3, 0.4) is 0 Å². The molecule has 3 nitrogen and oxygen atoms in total. The molecule has 0 aliphatic rings. The van der Waals surface area contributed by atoms with Crippen LogP contribution in [0.1, 0.15) is 24.2 Å². The number of hydrogen-bond donors (Lipinski definition) is 1. The van der Waals surface area contributed by atoms with Crippen molar-refractivity contribution in [1.82, 2.24) is 4.98 Å². The first-order valence-electron chi connectivity index (χ1n) is 5.05. The van der Waals surface area contributed by atoms with Crippen molar-refractivity contribution < 1.29 is 0 Å². The van der Waals surface area contributed by atoms with Gasteiger partial charge in [0.05, 0.1) is 28.5 Å². The number of nitrogens with one attached hydrogen (secondary N) is 1. The summed E-state index contributed by atoms with van der Waals surface area (Å²) in [7, 11) is 0. The Morgan fingerprint density at radius 2 is 2.35 bits per heavy atom. The van der Waals surface area contributed by atoms with Crippen LogP contribution in [0, 0.1) is 11.3 Å². The lowest BCUT2D eigenvalue weighted by Crippen LogP contribution is -2.08. The smallest absolute Gasteiger partial charge is 0.101 e. The van der Waals surface area contributed by atoms with Crippen LogP contribution in [0.15, 0.2) is 33.6 Å². The van der Waals surface area contributed by atoms with Gasteiger partial charge in [-0.3, -0.25) is 0 Å². The van der Waals surface area contributed by atoms with Gasteiger partial charge in [-0.25, -0.2) is 4.98 Å². The second-order valence-corrected chi connectivity index (χ2v) is 5.22. The van der Waals surface area contributed by atoms with Gasteiger partial charge < -0.3 is 5.32 Å². The minimum atomic E-state index is 0.0922. The van der Waals surface area contributed by atoms with Crippen molar-refractivity contribution in [2.45, 2.75) is 13.0 Å². The minimum Gasteiger partial charge on any atom is -0.376 e. The maximum Gasteiger partial charge on any atom is 0.101 e. The van der Waals surface area contributed by atoms with E-state index in [2.05, 4.69) is 32.3 Å². The average Bonchev–Trinajstić information content (AvgIpc) is 2.85. The Morgan fingerprint density at radius 3 is 3.00 bits per heavy atom. The minimum absolute atomic E-state index is 0.0922. The molecule has 1 aromatic heterocycles. The highest BCUT2D eigenvalue weighted by atomic mass is 79.9. The van der Waals surface area contributed by atoms with E-state index in [0.29, 0.717) is 5.56 Å². The number of aromatic nitrogens is 1. The first kappa shape index (κ1) is 12.1. The van der Waals surface area contributed by atoms with Crippen LogP contribution in [0.4, 0.5) is 5.69 Å². The predicted octanol–water partition coefficient (Wildman–Crippen LogP) is 3.95. The molecular weight excluding hydrogens is 298 g/mol. The third kappa shape index (κ3) is 2.84. The molecule has 0 fully saturated rings. The van der Waals surface area contributed by atoms with E-state index in [1.807, 2.05) is 24.4 Å². The van der Waals surface area contributed by atoms with Gasteiger partial charge in [0, 0.05) is 9.85 Å². The van der Waals surface area contributed by atoms with Crippen molar-refractivity contribution in [3.63, 3.8) is 0 Å². The van der Waals surface area contributed by atoms with E-state index in [1.165, 1.54) is 0 Å². The molecule has 86 valence electrons. The topological polar surface area (TPSA) is 48.7 Å². The zero-order valence-electron chi connectivity index (χ0n) is 9.14. The van der Waals surface area contributed by atoms with Crippen LogP contribution >= 0.6 is 27.3 Å². The lowest BCUT2D eigenvalue weighted by atomic mass is 10.1. The van der Waals surface area contributed by atoms with Crippen molar-refractivity contribution in [2.24, 2.45) is 0 Å². The van der Waals surface area contributed by atoms with Crippen LogP contribution < -0.4 is 5.32 Å². The first-order valence-corrected chi connectivity index (χ1v) is 6.78. The summed E-state index contributed by atoms with van der Waals surface area (Å²) in [6.07, 6.45) is 0. The Balaban J connectivity index is 2.22. The van der Waals surface area contributed by atoms with Crippen LogP contribution in [-0.4, -0.2) is 4.98 Å². The maximum atomic E-state index is 9.06. The summed E-state index contributed by atoms with van der Waals surface area (Å²) < 4.78 is 0.904. The lowest BCUT2D eigenvalue weighted by Gasteiger charge is -2.14. The summed E-state index contributed by atoms with van der Waals surface area (Å²) in [6, 6.07) is 7.88. The number of rotatable bonds is 3. The largest absolute Gasteiger partial charge is 0.376 e. The van der Waals surface area contributed by atoms with Crippen molar-refractivity contribution in [3.8, 4) is 6.07 Å². The highest BCUT2D eigenvalue weighted by Gasteiger charge is 2.10. The van der Waals surface area contributed by atoms with Crippen molar-refractivity contribution in [2.75, 3.05) is 5.32 Å². The SMILES string of the molecule is CC(Nc1ccc(Br)cc1C#N)c1cscn1. The number of hydrogen-bond acceptors (Lipinski definition) is 4. The second-order valence-electron chi connectivity index (χ2n) is 3.58. The van der Waals surface area contributed by atoms with E-state index in [4.69, 9.17) is 5.26 Å². The molecule has 0 aliphatic heterocycles. The average molecular weight is 308 g/mol. The Kier molecular flexibility index (Phi) is 3.77. The summed E-state index contributed by atoms with van der Waals surface area (Å²) in [5.74, 6) is 0. The maximum absolute atomic E-state index is 9.06. The van der Waals surface area contributed by atoms with Crippen LogP contribution in [0.5, 0.6) is 0 Å². The third-order valence-corrected chi connectivity index (χ3v) is 3.47. The molecule has 1 atom stereocenters. The highest BCUT2D eigenvalue weighted by molar-refractivity contribution is 9.10. The molecule has 0 saturated heterocycles. The van der Waals surface area contributed by atoms with E-state index in [0.717, 1.165) is 15.9 Å². The summed E-state index contributed by atoms with van der Waals surface area (Å²) in [6.45, 7) is 2.03. The molecule has 1 heterocycles. The molecule has 0 bridgehead atoms. The van der Waals surface area contributed by atoms with Gasteiger partial charge in [-0.2, -0.15) is 5.26 Å². The van der Waals surface area contributed by atoms with Crippen molar-refractivity contribution in [3.05, 3.63) is 44.8 Å². The van der Waals surface area contributed by atoms with E-state index in [1.54, 1.807) is 22.9 Å². The summed E-state index contributed by atoms with van der Waals surface area (Å²) in [4.78, 5) is 4.25. The normalized spacial score (nSPS) is 11.8. The zero-order chi connectivity index (χ0) is 12.3. The van der Waals surface area contributed by atoms with Gasteiger partial charge in [-0.05, 0) is 25.1 Å². The molecule has 0 aliphatic carbocycles. The number of nitriles is 1. The van der Waals surface area contributed by atoms with E-state index < -0.39 is 0 Å². The molecule has 0 amide bonds. The zero-order valence-corrected chi connectivity index (χ0v) is 11.5. The third-order valence-electron chi connectivity index (χ3n) is 2.37. The number of thiazole rings is 1. The molecule has 2 aromatic rings. The standard InChI is InChI=1S/C12H10BrN3S/c1-8(12-6-17-7-15-12)16-11-3-2-10(13)4-9(11)5-14/h2-4,6-8,16H,1H3. The molecule has 5 heteroatoms. The number of nitrogens with zero attached hydrogens (tertiary/aromatic N) is 2. The van der Waals surface area contributed by atoms with Gasteiger partial charge in [-0.1, -0.05) is 15.9 Å². The van der Waals surface area contributed by atoms with Crippen LogP contribution in [-0.2, 0) is 0 Å². The summed E-state index contributed by atoms with van der Waals surface area (Å²) in [5.41, 5.74) is 4.25. The number of anilines is 1. The fourth-order valence-electron chi connectivity index (χ4n) is 1.48. The van der Waals surface area contributed by atoms with E-state index in [9.17, 15) is 0 Å². The monoisotopic (exact) mass is 307 g/mol. The number of benzene rings is 1. The molecule has 0 saturated carbocycles. The Bertz CT molecular complexity index is 545. The molecule has 1 N–H and O–H groups in total. The van der Waals surface area contributed by atoms with Crippen molar-refractivity contribution >= 4 is 33.0 Å². The van der Waals surface area contributed by atoms with Gasteiger partial charge in [0.15, 0.2) is 0 Å². The van der Waals surface area contributed by atoms with Crippen LogP contribution in [0.25, 0.3) is 0 Å². The fraction of sp³-hybridized carbons (Fsp3) is 0.167.